The molecule has 0 radical (unpaired) electrons. The molecule has 0 aliphatic rings. The zero-order chi connectivity index (χ0) is 44.2. The van der Waals surface area contributed by atoms with Crippen molar-refractivity contribution >= 4 is 17.9 Å². The summed E-state index contributed by atoms with van der Waals surface area (Å²) in [6.45, 7) is 13.7. The highest BCUT2D eigenvalue weighted by atomic mass is 16.6. The summed E-state index contributed by atoms with van der Waals surface area (Å²) in [7, 11) is 0. The van der Waals surface area contributed by atoms with Crippen molar-refractivity contribution in [3.8, 4) is 0 Å². The van der Waals surface area contributed by atoms with Crippen LogP contribution < -0.4 is 0 Å². The van der Waals surface area contributed by atoms with Crippen LogP contribution in [-0.4, -0.2) is 37.2 Å². The average molecular weight is 849 g/mol. The highest BCUT2D eigenvalue weighted by Gasteiger charge is 2.19. The Labute approximate surface area is 374 Å². The summed E-state index contributed by atoms with van der Waals surface area (Å²) in [5.41, 5.74) is 0. The Morgan fingerprint density at radius 1 is 0.283 bits per heavy atom. The molecule has 0 aromatic carbocycles. The Kier molecular flexibility index (Phi) is 44.2. The Balaban J connectivity index is 4.21. The number of ether oxygens (including phenoxy) is 3. The van der Waals surface area contributed by atoms with Gasteiger partial charge in [0.1, 0.15) is 13.2 Å². The quantitative estimate of drug-likeness (QED) is 0.0345. The molecular weight excluding hydrogens is 745 g/mol. The molecule has 0 aliphatic heterocycles. The van der Waals surface area contributed by atoms with E-state index in [1.54, 1.807) is 0 Å². The third-order valence-corrected chi connectivity index (χ3v) is 12.1. The van der Waals surface area contributed by atoms with Gasteiger partial charge in [-0.05, 0) is 37.0 Å². The fourth-order valence-electron chi connectivity index (χ4n) is 8.12. The molecule has 6 heteroatoms. The molecule has 6 nitrogen and oxygen atoms in total. The standard InChI is InChI=1S/C54H104O6/c1-48(2)40-34-28-22-17-15-13-11-9-7-8-10-12-14-16-18-26-33-39-45-54(57)60-51(47-59-53(56)44-38-32-27-21-24-30-36-42-50(5)6)46-58-52(55)43-37-31-25-20-19-23-29-35-41-49(3)4/h48-51H,7-47H2,1-6H3/t51-/m1/s1. The van der Waals surface area contributed by atoms with Gasteiger partial charge >= 0.3 is 17.9 Å². The van der Waals surface area contributed by atoms with Gasteiger partial charge < -0.3 is 14.2 Å². The second-order valence-corrected chi connectivity index (χ2v) is 19.9. The van der Waals surface area contributed by atoms with Crippen LogP contribution in [0, 0.1) is 17.8 Å². The molecule has 0 spiro atoms. The maximum atomic E-state index is 12.8. The van der Waals surface area contributed by atoms with Crippen molar-refractivity contribution in [3.05, 3.63) is 0 Å². The number of hydrogen-bond acceptors (Lipinski definition) is 6. The number of hydrogen-bond donors (Lipinski definition) is 0. The van der Waals surface area contributed by atoms with Crippen molar-refractivity contribution in [3.63, 3.8) is 0 Å². The molecule has 0 aromatic rings. The zero-order valence-corrected chi connectivity index (χ0v) is 41.3. The average Bonchev–Trinajstić information content (AvgIpc) is 3.20. The van der Waals surface area contributed by atoms with E-state index in [0.717, 1.165) is 75.5 Å². The van der Waals surface area contributed by atoms with Crippen molar-refractivity contribution in [2.45, 2.75) is 298 Å². The Hall–Kier alpha value is -1.59. The molecule has 1 atom stereocenters. The van der Waals surface area contributed by atoms with Gasteiger partial charge in [0.25, 0.3) is 0 Å². The van der Waals surface area contributed by atoms with Crippen molar-refractivity contribution in [1.29, 1.82) is 0 Å². The predicted octanol–water partition coefficient (Wildman–Crippen LogP) is 17.2. The Morgan fingerprint density at radius 2 is 0.483 bits per heavy atom. The highest BCUT2D eigenvalue weighted by Crippen LogP contribution is 2.18. The molecule has 0 bridgehead atoms. The SMILES string of the molecule is CC(C)CCCCCCCCCCCCCCCCCCCCC(=O)O[C@H](COC(=O)CCCCCCCCCCC(C)C)COC(=O)CCCCCCCCCC(C)C. The molecule has 0 heterocycles. The lowest BCUT2D eigenvalue weighted by atomic mass is 10.0. The minimum Gasteiger partial charge on any atom is -0.462 e. The summed E-state index contributed by atoms with van der Waals surface area (Å²) < 4.78 is 16.8. The number of unbranched alkanes of at least 4 members (excludes halogenated alkanes) is 30. The van der Waals surface area contributed by atoms with E-state index in [9.17, 15) is 14.4 Å². The molecule has 0 rings (SSSR count). The molecule has 0 aromatic heterocycles. The molecule has 0 amide bonds. The summed E-state index contributed by atoms with van der Waals surface area (Å²) in [6, 6.07) is 0. The number of carbonyl (C=O) groups excluding carboxylic acids is 3. The van der Waals surface area contributed by atoms with Gasteiger partial charge in [0.2, 0.25) is 0 Å². The maximum Gasteiger partial charge on any atom is 0.306 e. The summed E-state index contributed by atoms with van der Waals surface area (Å²) in [5, 5.41) is 0. The lowest BCUT2D eigenvalue weighted by Crippen LogP contribution is -2.30. The van der Waals surface area contributed by atoms with E-state index in [2.05, 4.69) is 41.5 Å². The van der Waals surface area contributed by atoms with E-state index in [-0.39, 0.29) is 31.1 Å². The second kappa shape index (κ2) is 45.4. The number of carbonyl (C=O) groups is 3. The van der Waals surface area contributed by atoms with Gasteiger partial charge in [-0.2, -0.15) is 0 Å². The monoisotopic (exact) mass is 849 g/mol. The van der Waals surface area contributed by atoms with E-state index >= 15 is 0 Å². The van der Waals surface area contributed by atoms with E-state index in [0.29, 0.717) is 19.3 Å². The van der Waals surface area contributed by atoms with E-state index in [1.807, 2.05) is 0 Å². The third kappa shape index (κ3) is 47.5. The van der Waals surface area contributed by atoms with Gasteiger partial charge in [-0.15, -0.1) is 0 Å². The van der Waals surface area contributed by atoms with Gasteiger partial charge in [-0.3, -0.25) is 14.4 Å². The molecular formula is C54H104O6. The van der Waals surface area contributed by atoms with E-state index < -0.39 is 6.10 Å². The Morgan fingerprint density at radius 3 is 0.717 bits per heavy atom. The van der Waals surface area contributed by atoms with Gasteiger partial charge in [0.05, 0.1) is 0 Å². The smallest absolute Gasteiger partial charge is 0.306 e. The van der Waals surface area contributed by atoms with Gasteiger partial charge in [0.15, 0.2) is 6.10 Å². The number of esters is 3. The second-order valence-electron chi connectivity index (χ2n) is 19.9. The summed E-state index contributed by atoms with van der Waals surface area (Å²) in [5.74, 6) is 1.58. The van der Waals surface area contributed by atoms with Gasteiger partial charge in [-0.1, -0.05) is 253 Å². The molecule has 0 saturated heterocycles. The largest absolute Gasteiger partial charge is 0.462 e. The lowest BCUT2D eigenvalue weighted by Gasteiger charge is -2.18. The van der Waals surface area contributed by atoms with E-state index in [4.69, 9.17) is 14.2 Å². The molecule has 0 unspecified atom stereocenters. The molecule has 356 valence electrons. The van der Waals surface area contributed by atoms with Crippen molar-refractivity contribution in [2.75, 3.05) is 13.2 Å². The first-order valence-corrected chi connectivity index (χ1v) is 26.6. The summed E-state index contributed by atoms with van der Waals surface area (Å²) in [4.78, 5) is 37.9. The zero-order valence-electron chi connectivity index (χ0n) is 41.3. The molecule has 60 heavy (non-hydrogen) atoms. The number of rotatable bonds is 47. The summed E-state index contributed by atoms with van der Waals surface area (Å²) in [6.07, 6.45) is 45.4. The van der Waals surface area contributed by atoms with Crippen LogP contribution in [0.15, 0.2) is 0 Å². The van der Waals surface area contributed by atoms with Crippen LogP contribution in [0.3, 0.4) is 0 Å². The lowest BCUT2D eigenvalue weighted by molar-refractivity contribution is -0.167. The van der Waals surface area contributed by atoms with Gasteiger partial charge in [0, 0.05) is 19.3 Å². The fraction of sp³-hybridized carbons (Fsp3) is 0.944. The van der Waals surface area contributed by atoms with Gasteiger partial charge in [-0.25, -0.2) is 0 Å². The highest BCUT2D eigenvalue weighted by molar-refractivity contribution is 5.71. The first-order valence-electron chi connectivity index (χ1n) is 26.6. The first kappa shape index (κ1) is 58.4. The first-order chi connectivity index (χ1) is 29.1. The maximum absolute atomic E-state index is 12.8. The van der Waals surface area contributed by atoms with Crippen LogP contribution in [0.5, 0.6) is 0 Å². The van der Waals surface area contributed by atoms with Crippen molar-refractivity contribution in [2.24, 2.45) is 17.8 Å². The topological polar surface area (TPSA) is 78.9 Å². The minimum atomic E-state index is -0.763. The molecule has 0 saturated carbocycles. The van der Waals surface area contributed by atoms with Crippen LogP contribution >= 0.6 is 0 Å². The molecule has 0 aliphatic carbocycles. The minimum absolute atomic E-state index is 0.0657. The van der Waals surface area contributed by atoms with Crippen LogP contribution in [0.1, 0.15) is 292 Å². The summed E-state index contributed by atoms with van der Waals surface area (Å²) >= 11 is 0. The van der Waals surface area contributed by atoms with Crippen LogP contribution in [-0.2, 0) is 28.6 Å². The van der Waals surface area contributed by atoms with Crippen molar-refractivity contribution in [1.82, 2.24) is 0 Å². The Bertz CT molecular complexity index is 929. The fourth-order valence-corrected chi connectivity index (χ4v) is 8.12. The van der Waals surface area contributed by atoms with Crippen molar-refractivity contribution < 1.29 is 28.6 Å². The van der Waals surface area contributed by atoms with Crippen LogP contribution in [0.25, 0.3) is 0 Å². The predicted molar refractivity (Wildman–Crippen MR) is 256 cm³/mol. The molecule has 0 N–H and O–H groups in total. The van der Waals surface area contributed by atoms with Crippen LogP contribution in [0.2, 0.25) is 0 Å². The molecule has 0 fully saturated rings. The third-order valence-electron chi connectivity index (χ3n) is 12.1. The van der Waals surface area contributed by atoms with E-state index in [1.165, 1.54) is 173 Å². The normalized spacial score (nSPS) is 12.2. The van der Waals surface area contributed by atoms with Crippen LogP contribution in [0.4, 0.5) is 0 Å².